The molecule has 4 aromatic rings. The van der Waals surface area contributed by atoms with Crippen LogP contribution in [0.1, 0.15) is 22.6 Å². The molecule has 8 nitrogen and oxygen atoms in total. The molecule has 0 unspecified atom stereocenters. The fourth-order valence-corrected chi connectivity index (χ4v) is 4.47. The van der Waals surface area contributed by atoms with E-state index in [-0.39, 0.29) is 55.8 Å². The molecule has 4 rings (SSSR count). The molecular weight excluding hydrogens is 518 g/mol. The van der Waals surface area contributed by atoms with Crippen LogP contribution in [0.15, 0.2) is 57.8 Å². The van der Waals surface area contributed by atoms with Crippen molar-refractivity contribution in [2.75, 3.05) is 0 Å². The van der Waals surface area contributed by atoms with Gasteiger partial charge in [-0.25, -0.2) is 17.9 Å². The van der Waals surface area contributed by atoms with Crippen molar-refractivity contribution in [2.45, 2.75) is 18.2 Å². The van der Waals surface area contributed by atoms with E-state index < -0.39 is 15.8 Å². The summed E-state index contributed by atoms with van der Waals surface area (Å²) in [6.07, 6.45) is -0.0980. The lowest BCUT2D eigenvalue weighted by Crippen LogP contribution is -2.13. The number of halogens is 3. The molecule has 0 fully saturated rings. The second-order valence-electron chi connectivity index (χ2n) is 7.44. The van der Waals surface area contributed by atoms with E-state index in [9.17, 15) is 8.42 Å². The topological polar surface area (TPSA) is 132 Å². The second kappa shape index (κ2) is 9.64. The summed E-state index contributed by atoms with van der Waals surface area (Å²) < 4.78 is 50.1. The monoisotopic (exact) mass is 532 g/mol. The highest BCUT2D eigenvalue weighted by molar-refractivity contribution is 7.89. The van der Waals surface area contributed by atoms with Crippen LogP contribution in [-0.4, -0.2) is 18.6 Å². The van der Waals surface area contributed by atoms with Crippen molar-refractivity contribution < 1.29 is 22.0 Å². The summed E-state index contributed by atoms with van der Waals surface area (Å²) in [6, 6.07) is 13.6. The van der Waals surface area contributed by atoms with Crippen molar-refractivity contribution in [2.24, 2.45) is 5.14 Å². The summed E-state index contributed by atoms with van der Waals surface area (Å²) in [6.45, 7) is 1.61. The summed E-state index contributed by atoms with van der Waals surface area (Å²) >= 11 is 12.1. The molecule has 0 amide bonds. The minimum Gasteiger partial charge on any atom is -0.453 e. The molecular formula is C23H15Cl2FN4O4S. The van der Waals surface area contributed by atoms with E-state index in [1.807, 2.05) is 6.07 Å². The van der Waals surface area contributed by atoms with Gasteiger partial charge in [0.25, 0.3) is 0 Å². The predicted molar refractivity (Wildman–Crippen MR) is 126 cm³/mol. The highest BCUT2D eigenvalue weighted by Crippen LogP contribution is 2.36. The molecule has 1 heterocycles. The van der Waals surface area contributed by atoms with Gasteiger partial charge in [0.15, 0.2) is 11.6 Å². The molecule has 0 aliphatic rings. The predicted octanol–water partition coefficient (Wildman–Crippen LogP) is 5.39. The number of ether oxygens (including phenoxy) is 1. The van der Waals surface area contributed by atoms with E-state index in [4.69, 9.17) is 42.8 Å². The van der Waals surface area contributed by atoms with E-state index in [1.54, 1.807) is 19.1 Å². The molecule has 0 aliphatic carbocycles. The molecule has 0 aliphatic heterocycles. The van der Waals surface area contributed by atoms with Crippen molar-refractivity contribution in [3.63, 3.8) is 0 Å². The lowest BCUT2D eigenvalue weighted by atomic mass is 10.1. The van der Waals surface area contributed by atoms with Gasteiger partial charge >= 0.3 is 0 Å². The molecule has 3 aromatic carbocycles. The molecule has 0 saturated carbocycles. The number of primary sulfonamides is 1. The molecule has 0 bridgehead atoms. The summed E-state index contributed by atoms with van der Waals surface area (Å²) in [4.78, 5) is -0.0687. The summed E-state index contributed by atoms with van der Waals surface area (Å²) in [7, 11) is -3.95. The van der Waals surface area contributed by atoms with Crippen LogP contribution < -0.4 is 9.88 Å². The third kappa shape index (κ3) is 5.44. The third-order valence-corrected chi connectivity index (χ3v) is 6.47. The fraction of sp³-hybridized carbons (Fsp3) is 0.0870. The summed E-state index contributed by atoms with van der Waals surface area (Å²) in [5.74, 6) is -0.774. The number of hydrogen-bond donors (Lipinski definition) is 1. The lowest BCUT2D eigenvalue weighted by molar-refractivity contribution is 0.437. The van der Waals surface area contributed by atoms with Crippen molar-refractivity contribution in [3.05, 3.63) is 87.0 Å². The number of nitrogens with zero attached hydrogens (tertiary/aromatic N) is 3. The fourth-order valence-electron chi connectivity index (χ4n) is 3.25. The Kier molecular flexibility index (Phi) is 6.78. The number of nitriles is 1. The number of aryl methyl sites for hydroxylation is 1. The van der Waals surface area contributed by atoms with Crippen LogP contribution in [-0.2, 0) is 16.4 Å². The van der Waals surface area contributed by atoms with Crippen molar-refractivity contribution >= 4 is 33.2 Å². The van der Waals surface area contributed by atoms with Gasteiger partial charge in [0.05, 0.1) is 28.0 Å². The molecule has 178 valence electrons. The lowest BCUT2D eigenvalue weighted by Gasteiger charge is -2.12. The van der Waals surface area contributed by atoms with Gasteiger partial charge in [-0.15, -0.1) is 10.2 Å². The highest BCUT2D eigenvalue weighted by Gasteiger charge is 2.19. The molecule has 2 N–H and O–H groups in total. The normalized spacial score (nSPS) is 11.3. The van der Waals surface area contributed by atoms with Crippen LogP contribution >= 0.6 is 23.2 Å². The number of aromatic nitrogens is 2. The van der Waals surface area contributed by atoms with Crippen LogP contribution in [0.4, 0.5) is 4.39 Å². The molecule has 0 atom stereocenters. The van der Waals surface area contributed by atoms with Gasteiger partial charge in [-0.1, -0.05) is 35.3 Å². The number of sulfonamides is 1. The third-order valence-electron chi connectivity index (χ3n) is 4.90. The van der Waals surface area contributed by atoms with E-state index in [0.29, 0.717) is 11.1 Å². The Bertz CT molecular complexity index is 1600. The minimum atomic E-state index is -3.95. The number of benzene rings is 3. The molecule has 35 heavy (non-hydrogen) atoms. The van der Waals surface area contributed by atoms with Crippen LogP contribution in [0, 0.1) is 24.1 Å². The van der Waals surface area contributed by atoms with Gasteiger partial charge in [0, 0.05) is 16.1 Å². The Labute approximate surface area is 209 Å². The zero-order valence-corrected chi connectivity index (χ0v) is 20.2. The maximum Gasteiger partial charge on any atom is 0.247 e. The Hall–Kier alpha value is -3.49. The van der Waals surface area contributed by atoms with Gasteiger partial charge in [-0.05, 0) is 48.9 Å². The standard InChI is InChI=1S/C23H15Cl2FN4O4S/c1-12-2-3-15(8-19(12)35(28,31)32)23-30-29-20(34-23)9-14-4-5-18(25)22(21(14)26)33-17-7-13(11-27)6-16(24)10-17/h2-8,10H,9H2,1H3,(H2,28,31,32). The molecule has 1 aromatic heterocycles. The summed E-state index contributed by atoms with van der Waals surface area (Å²) in [5.41, 5.74) is 1.19. The Morgan fingerprint density at radius 1 is 1.14 bits per heavy atom. The van der Waals surface area contributed by atoms with Gasteiger partial charge in [-0.3, -0.25) is 0 Å². The van der Waals surface area contributed by atoms with Crippen molar-refractivity contribution in [1.29, 1.82) is 5.26 Å². The quantitative estimate of drug-likeness (QED) is 0.351. The Balaban J connectivity index is 1.62. The average molecular weight is 533 g/mol. The van der Waals surface area contributed by atoms with Gasteiger partial charge in [0.1, 0.15) is 5.75 Å². The first-order chi connectivity index (χ1) is 16.5. The minimum absolute atomic E-state index is 0.00568. The van der Waals surface area contributed by atoms with Gasteiger partial charge in [-0.2, -0.15) is 5.26 Å². The van der Waals surface area contributed by atoms with Gasteiger partial charge < -0.3 is 9.15 Å². The molecule has 12 heteroatoms. The highest BCUT2D eigenvalue weighted by atomic mass is 35.5. The van der Waals surface area contributed by atoms with Crippen molar-refractivity contribution in [1.82, 2.24) is 10.2 Å². The first-order valence-electron chi connectivity index (χ1n) is 9.87. The largest absolute Gasteiger partial charge is 0.453 e. The number of rotatable bonds is 6. The maximum atomic E-state index is 15.3. The van der Waals surface area contributed by atoms with E-state index in [2.05, 4.69) is 10.2 Å². The van der Waals surface area contributed by atoms with E-state index in [1.165, 1.54) is 36.4 Å². The molecule has 0 saturated heterocycles. The first-order valence-corrected chi connectivity index (χ1v) is 12.2. The zero-order valence-electron chi connectivity index (χ0n) is 17.9. The number of nitrogens with two attached hydrogens (primary N) is 1. The maximum absolute atomic E-state index is 15.3. The van der Waals surface area contributed by atoms with Crippen LogP contribution in [0.5, 0.6) is 11.5 Å². The zero-order chi connectivity index (χ0) is 25.3. The van der Waals surface area contributed by atoms with E-state index in [0.717, 1.165) is 0 Å². The van der Waals surface area contributed by atoms with Crippen molar-refractivity contribution in [3.8, 4) is 29.0 Å². The second-order valence-corrected chi connectivity index (χ2v) is 9.82. The SMILES string of the molecule is Cc1ccc(-c2nnc(Cc3ccc(Cl)c(Oc4cc(Cl)cc(C#N)c4)c3F)o2)cc1S(N)(=O)=O. The van der Waals surface area contributed by atoms with Gasteiger partial charge in [0.2, 0.25) is 21.8 Å². The summed E-state index contributed by atoms with van der Waals surface area (Å²) in [5, 5.41) is 22.4. The van der Waals surface area contributed by atoms with Crippen LogP contribution in [0.25, 0.3) is 11.5 Å². The van der Waals surface area contributed by atoms with E-state index >= 15 is 4.39 Å². The number of hydrogen-bond acceptors (Lipinski definition) is 7. The molecule has 0 spiro atoms. The smallest absolute Gasteiger partial charge is 0.247 e. The Morgan fingerprint density at radius 3 is 2.63 bits per heavy atom. The molecule has 0 radical (unpaired) electrons. The van der Waals surface area contributed by atoms with Crippen LogP contribution in [0.2, 0.25) is 10.0 Å². The average Bonchev–Trinajstić information content (AvgIpc) is 3.26. The Morgan fingerprint density at radius 2 is 1.91 bits per heavy atom. The van der Waals surface area contributed by atoms with Crippen LogP contribution in [0.3, 0.4) is 0 Å². The first kappa shape index (κ1) is 24.6.